The van der Waals surface area contributed by atoms with Gasteiger partial charge in [0.1, 0.15) is 29.7 Å². The van der Waals surface area contributed by atoms with E-state index in [2.05, 4.69) is 5.32 Å². The van der Waals surface area contributed by atoms with Gasteiger partial charge in [-0.3, -0.25) is 4.79 Å². The maximum atomic E-state index is 13.0. The first-order chi connectivity index (χ1) is 14.1. The third kappa shape index (κ3) is 5.48. The molecule has 0 aliphatic carbocycles. The molecular formula is C23H22FNO4. The van der Waals surface area contributed by atoms with E-state index >= 15 is 0 Å². The molecule has 0 saturated heterocycles. The average molecular weight is 395 g/mol. The van der Waals surface area contributed by atoms with Crippen LogP contribution in [0.2, 0.25) is 0 Å². The summed E-state index contributed by atoms with van der Waals surface area (Å²) in [5.74, 6) is 1.52. The van der Waals surface area contributed by atoms with Gasteiger partial charge in [-0.15, -0.1) is 0 Å². The lowest BCUT2D eigenvalue weighted by molar-refractivity contribution is 0.0950. The van der Waals surface area contributed by atoms with Gasteiger partial charge in [-0.05, 0) is 60.2 Å². The summed E-state index contributed by atoms with van der Waals surface area (Å²) >= 11 is 0. The van der Waals surface area contributed by atoms with Crippen LogP contribution in [0.5, 0.6) is 17.2 Å². The number of carbonyl (C=O) groups excluding carboxylic acids is 1. The van der Waals surface area contributed by atoms with E-state index in [9.17, 15) is 9.18 Å². The number of hydrogen-bond acceptors (Lipinski definition) is 4. The smallest absolute Gasteiger partial charge is 0.251 e. The van der Waals surface area contributed by atoms with E-state index in [1.807, 2.05) is 24.3 Å². The second kappa shape index (κ2) is 9.59. The Morgan fingerprint density at radius 3 is 2.24 bits per heavy atom. The lowest BCUT2D eigenvalue weighted by Gasteiger charge is -2.13. The fourth-order valence-corrected chi connectivity index (χ4v) is 2.75. The molecule has 3 aromatic carbocycles. The zero-order valence-corrected chi connectivity index (χ0v) is 16.3. The van der Waals surface area contributed by atoms with Crippen LogP contribution in [-0.2, 0) is 13.2 Å². The van der Waals surface area contributed by atoms with E-state index in [0.29, 0.717) is 23.6 Å². The Kier molecular flexibility index (Phi) is 6.68. The number of methoxy groups -OCH3 is 2. The van der Waals surface area contributed by atoms with E-state index < -0.39 is 0 Å². The molecule has 150 valence electrons. The van der Waals surface area contributed by atoms with Gasteiger partial charge in [-0.25, -0.2) is 4.39 Å². The van der Waals surface area contributed by atoms with Gasteiger partial charge < -0.3 is 19.5 Å². The molecule has 0 unspecified atom stereocenters. The Labute approximate surface area is 169 Å². The van der Waals surface area contributed by atoms with Crippen LogP contribution in [-0.4, -0.2) is 20.1 Å². The zero-order valence-electron chi connectivity index (χ0n) is 16.3. The number of ether oxygens (including phenoxy) is 3. The maximum Gasteiger partial charge on any atom is 0.251 e. The monoisotopic (exact) mass is 395 g/mol. The predicted molar refractivity (Wildman–Crippen MR) is 108 cm³/mol. The Balaban J connectivity index is 1.66. The Bertz CT molecular complexity index is 956. The molecule has 0 aliphatic heterocycles. The second-order valence-corrected chi connectivity index (χ2v) is 6.30. The first kappa shape index (κ1) is 20.2. The van der Waals surface area contributed by atoms with Crippen LogP contribution in [0.25, 0.3) is 0 Å². The summed E-state index contributed by atoms with van der Waals surface area (Å²) in [6.45, 7) is 0.553. The molecule has 0 bridgehead atoms. The third-order valence-electron chi connectivity index (χ3n) is 4.36. The lowest BCUT2D eigenvalue weighted by atomic mass is 10.1. The van der Waals surface area contributed by atoms with Crippen molar-refractivity contribution in [1.29, 1.82) is 0 Å². The highest BCUT2D eigenvalue weighted by Gasteiger charge is 2.11. The molecule has 0 aromatic heterocycles. The molecule has 0 aliphatic rings. The molecule has 6 heteroatoms. The molecule has 0 atom stereocenters. The minimum absolute atomic E-state index is 0.234. The van der Waals surface area contributed by atoms with Crippen LogP contribution in [0.15, 0.2) is 66.7 Å². The molecule has 0 heterocycles. The first-order valence-electron chi connectivity index (χ1n) is 9.05. The van der Waals surface area contributed by atoms with Crippen molar-refractivity contribution in [3.63, 3.8) is 0 Å². The quantitative estimate of drug-likeness (QED) is 0.616. The van der Waals surface area contributed by atoms with Gasteiger partial charge in [0, 0.05) is 17.7 Å². The lowest BCUT2D eigenvalue weighted by Crippen LogP contribution is -2.23. The van der Waals surface area contributed by atoms with Gasteiger partial charge in [0.2, 0.25) is 0 Å². The van der Waals surface area contributed by atoms with Crippen molar-refractivity contribution in [2.45, 2.75) is 13.2 Å². The Hall–Kier alpha value is -3.54. The minimum Gasteiger partial charge on any atom is -0.497 e. The molecule has 29 heavy (non-hydrogen) atoms. The van der Waals surface area contributed by atoms with Gasteiger partial charge in [0.05, 0.1) is 14.2 Å². The number of carbonyl (C=O) groups is 1. The summed E-state index contributed by atoms with van der Waals surface area (Å²) in [7, 11) is 3.17. The van der Waals surface area contributed by atoms with E-state index in [1.165, 1.54) is 12.1 Å². The number of nitrogens with one attached hydrogen (secondary N) is 1. The van der Waals surface area contributed by atoms with Crippen LogP contribution in [0.4, 0.5) is 4.39 Å². The molecule has 3 aromatic rings. The molecule has 0 spiro atoms. The summed E-state index contributed by atoms with van der Waals surface area (Å²) in [5.41, 5.74) is 2.05. The number of hydrogen-bond donors (Lipinski definition) is 1. The van der Waals surface area contributed by atoms with Gasteiger partial charge >= 0.3 is 0 Å². The van der Waals surface area contributed by atoms with Crippen molar-refractivity contribution < 1.29 is 23.4 Å². The minimum atomic E-state index is -0.309. The largest absolute Gasteiger partial charge is 0.497 e. The summed E-state index contributed by atoms with van der Waals surface area (Å²) in [6.07, 6.45) is 0. The number of benzene rings is 3. The average Bonchev–Trinajstić information content (AvgIpc) is 2.77. The van der Waals surface area contributed by atoms with Crippen LogP contribution in [0.1, 0.15) is 21.5 Å². The molecule has 0 radical (unpaired) electrons. The maximum absolute atomic E-state index is 13.0. The van der Waals surface area contributed by atoms with Crippen molar-refractivity contribution in [2.24, 2.45) is 0 Å². The van der Waals surface area contributed by atoms with E-state index in [0.717, 1.165) is 16.9 Å². The van der Waals surface area contributed by atoms with Crippen LogP contribution in [0, 0.1) is 5.82 Å². The normalized spacial score (nSPS) is 10.3. The molecule has 5 nitrogen and oxygen atoms in total. The molecule has 0 fully saturated rings. The topological polar surface area (TPSA) is 56.8 Å². The van der Waals surface area contributed by atoms with E-state index in [4.69, 9.17) is 14.2 Å². The van der Waals surface area contributed by atoms with Crippen molar-refractivity contribution in [1.82, 2.24) is 5.32 Å². The number of rotatable bonds is 8. The van der Waals surface area contributed by atoms with Crippen molar-refractivity contribution >= 4 is 5.91 Å². The van der Waals surface area contributed by atoms with Gasteiger partial charge in [-0.1, -0.05) is 12.1 Å². The van der Waals surface area contributed by atoms with Crippen LogP contribution < -0.4 is 19.5 Å². The molecule has 0 saturated carbocycles. The van der Waals surface area contributed by atoms with Gasteiger partial charge in [-0.2, -0.15) is 0 Å². The van der Waals surface area contributed by atoms with Crippen molar-refractivity contribution in [3.8, 4) is 17.2 Å². The first-order valence-corrected chi connectivity index (χ1v) is 9.05. The van der Waals surface area contributed by atoms with Crippen molar-refractivity contribution in [2.75, 3.05) is 14.2 Å². The fourth-order valence-electron chi connectivity index (χ4n) is 2.75. The zero-order chi connectivity index (χ0) is 20.6. The molecule has 1 N–H and O–H groups in total. The van der Waals surface area contributed by atoms with Crippen LogP contribution in [0.3, 0.4) is 0 Å². The summed E-state index contributed by atoms with van der Waals surface area (Å²) < 4.78 is 29.3. The number of amides is 1. The predicted octanol–water partition coefficient (Wildman–Crippen LogP) is 4.35. The number of halogens is 1. The van der Waals surface area contributed by atoms with E-state index in [1.54, 1.807) is 44.6 Å². The van der Waals surface area contributed by atoms with Crippen molar-refractivity contribution in [3.05, 3.63) is 89.2 Å². The molecule has 3 rings (SSSR count). The molecular weight excluding hydrogens is 373 g/mol. The SMILES string of the molecule is COc1ccc(OCc2cc(C(=O)NCc3ccc(F)cc3)ccc2OC)cc1. The standard InChI is InChI=1S/C23H22FNO4/c1-27-20-8-10-21(11-9-20)29-15-18-13-17(5-12-22(18)28-2)23(26)25-14-16-3-6-19(24)7-4-16/h3-13H,14-15H2,1-2H3,(H,25,26). The third-order valence-corrected chi connectivity index (χ3v) is 4.36. The summed E-state index contributed by atoms with van der Waals surface area (Å²) in [6, 6.07) is 18.4. The highest BCUT2D eigenvalue weighted by atomic mass is 19.1. The Morgan fingerprint density at radius 2 is 1.59 bits per heavy atom. The highest BCUT2D eigenvalue weighted by Crippen LogP contribution is 2.23. The van der Waals surface area contributed by atoms with Gasteiger partial charge in [0.25, 0.3) is 5.91 Å². The van der Waals surface area contributed by atoms with Gasteiger partial charge in [0.15, 0.2) is 0 Å². The highest BCUT2D eigenvalue weighted by molar-refractivity contribution is 5.94. The second-order valence-electron chi connectivity index (χ2n) is 6.30. The van der Waals surface area contributed by atoms with E-state index in [-0.39, 0.29) is 18.3 Å². The summed E-state index contributed by atoms with van der Waals surface area (Å²) in [5, 5.41) is 2.83. The fraction of sp³-hybridized carbons (Fsp3) is 0.174. The van der Waals surface area contributed by atoms with Crippen LogP contribution >= 0.6 is 0 Å². The summed E-state index contributed by atoms with van der Waals surface area (Å²) in [4.78, 5) is 12.5. The Morgan fingerprint density at radius 1 is 0.897 bits per heavy atom. The molecule has 1 amide bonds.